The van der Waals surface area contributed by atoms with Crippen molar-refractivity contribution in [2.24, 2.45) is 0 Å². The monoisotopic (exact) mass is 244 g/mol. The largest absolute Gasteiger partial charge is 0.398 e. The zero-order valence-corrected chi connectivity index (χ0v) is 10.2. The van der Waals surface area contributed by atoms with Crippen LogP contribution in [0.3, 0.4) is 0 Å². The first kappa shape index (κ1) is 12.0. The van der Waals surface area contributed by atoms with Crippen LogP contribution in [0.2, 0.25) is 0 Å². The molecule has 2 N–H and O–H groups in total. The van der Waals surface area contributed by atoms with Crippen LogP contribution in [0.25, 0.3) is 0 Å². The Morgan fingerprint density at radius 2 is 2.13 bits per heavy atom. The predicted molar refractivity (Wildman–Crippen MR) is 64.3 cm³/mol. The number of halogens is 1. The van der Waals surface area contributed by atoms with Crippen LogP contribution < -0.4 is 5.73 Å². The van der Waals surface area contributed by atoms with E-state index in [0.29, 0.717) is 10.6 Å². The van der Waals surface area contributed by atoms with E-state index in [0.717, 1.165) is 5.56 Å². The van der Waals surface area contributed by atoms with Crippen molar-refractivity contribution in [2.45, 2.75) is 11.3 Å². The molecule has 0 saturated carbocycles. The number of nitriles is 1. The van der Waals surface area contributed by atoms with Gasteiger partial charge in [0.25, 0.3) is 0 Å². The highest BCUT2D eigenvalue weighted by Gasteiger charge is 2.26. The molecule has 0 aliphatic carbocycles. The van der Waals surface area contributed by atoms with Crippen molar-refractivity contribution in [1.29, 1.82) is 5.26 Å². The molecule has 0 saturated heterocycles. The van der Waals surface area contributed by atoms with Crippen LogP contribution in [-0.2, 0) is 14.7 Å². The van der Waals surface area contributed by atoms with E-state index in [1.54, 1.807) is 18.2 Å². The molecular weight excluding hydrogens is 232 g/mol. The Bertz CT molecular complexity index is 488. The van der Waals surface area contributed by atoms with Gasteiger partial charge < -0.3 is 5.73 Å². The van der Waals surface area contributed by atoms with Gasteiger partial charge in [0.15, 0.2) is 0 Å². The van der Waals surface area contributed by atoms with Gasteiger partial charge in [-0.2, -0.15) is 5.26 Å². The predicted octanol–water partition coefficient (Wildman–Crippen LogP) is 1.93. The lowest BCUT2D eigenvalue weighted by Gasteiger charge is -2.27. The number of nitrogen functional groups attached to an aromatic ring is 1. The highest BCUT2D eigenvalue weighted by atomic mass is 35.7. The fourth-order valence-corrected chi connectivity index (χ4v) is 2.88. The second kappa shape index (κ2) is 3.51. The number of nitrogens with two attached hydrogens (primary N) is 1. The van der Waals surface area contributed by atoms with Crippen LogP contribution in [0.1, 0.15) is 5.56 Å². The Hall–Kier alpha value is -1.05. The highest BCUT2D eigenvalue weighted by molar-refractivity contribution is 8.37. The Morgan fingerprint density at radius 1 is 1.53 bits per heavy atom. The standard InChI is InChI=1S/C10H13ClN2OS/c1-15(2,11,14)10-7-8(5-6-12)3-4-9(10)13/h3-4,7H,5,13H2,1-2H3. The Morgan fingerprint density at radius 3 is 2.60 bits per heavy atom. The van der Waals surface area contributed by atoms with Gasteiger partial charge in [0.2, 0.25) is 0 Å². The third kappa shape index (κ3) is 2.95. The summed E-state index contributed by atoms with van der Waals surface area (Å²) in [5, 5.41) is 8.56. The van der Waals surface area contributed by atoms with Crippen molar-refractivity contribution in [3.8, 4) is 6.07 Å². The van der Waals surface area contributed by atoms with E-state index < -0.39 is 8.28 Å². The molecule has 15 heavy (non-hydrogen) atoms. The van der Waals surface area contributed by atoms with Gasteiger partial charge >= 0.3 is 0 Å². The third-order valence-electron chi connectivity index (χ3n) is 1.97. The summed E-state index contributed by atoms with van der Waals surface area (Å²) in [6, 6.07) is 7.02. The first-order valence-electron chi connectivity index (χ1n) is 4.30. The Balaban J connectivity index is 3.38. The van der Waals surface area contributed by atoms with Crippen LogP contribution >= 0.6 is 10.7 Å². The molecule has 0 radical (unpaired) electrons. The lowest BCUT2D eigenvalue weighted by atomic mass is 10.1. The number of benzene rings is 1. The third-order valence-corrected chi connectivity index (χ3v) is 4.05. The maximum absolute atomic E-state index is 12.2. The summed E-state index contributed by atoms with van der Waals surface area (Å²) in [4.78, 5) is 0.418. The van der Waals surface area contributed by atoms with Gasteiger partial charge in [0.1, 0.15) is 0 Å². The molecule has 0 atom stereocenters. The van der Waals surface area contributed by atoms with Crippen LogP contribution in [0, 0.1) is 11.3 Å². The van der Waals surface area contributed by atoms with E-state index in [2.05, 4.69) is 0 Å². The van der Waals surface area contributed by atoms with Gasteiger partial charge in [-0.1, -0.05) is 6.07 Å². The quantitative estimate of drug-likeness (QED) is 0.639. The van der Waals surface area contributed by atoms with Gasteiger partial charge in [-0.05, 0) is 36.7 Å². The minimum absolute atomic E-state index is 0.257. The van der Waals surface area contributed by atoms with E-state index in [1.165, 1.54) is 12.5 Å². The smallest absolute Gasteiger partial charge is 0.0669 e. The van der Waals surface area contributed by atoms with Crippen molar-refractivity contribution >= 4 is 24.6 Å². The zero-order valence-electron chi connectivity index (χ0n) is 8.66. The number of anilines is 1. The van der Waals surface area contributed by atoms with Crippen LogP contribution in [0.4, 0.5) is 5.69 Å². The molecule has 0 aliphatic rings. The maximum Gasteiger partial charge on any atom is 0.0669 e. The summed E-state index contributed by atoms with van der Waals surface area (Å²) in [7, 11) is 2.61. The van der Waals surface area contributed by atoms with Crippen molar-refractivity contribution in [3.63, 3.8) is 0 Å². The molecule has 3 nitrogen and oxygen atoms in total. The number of hydrogen-bond donors (Lipinski definition) is 1. The molecule has 0 unspecified atom stereocenters. The number of hydrogen-bond acceptors (Lipinski definition) is 3. The fourth-order valence-electron chi connectivity index (χ4n) is 1.27. The van der Waals surface area contributed by atoms with Crippen molar-refractivity contribution in [2.75, 3.05) is 18.2 Å². The summed E-state index contributed by atoms with van der Waals surface area (Å²) in [5.41, 5.74) is 6.88. The Kier molecular flexibility index (Phi) is 2.81. The molecule has 82 valence electrons. The van der Waals surface area contributed by atoms with Crippen molar-refractivity contribution < 1.29 is 4.21 Å². The number of nitrogens with zero attached hydrogens (tertiary/aromatic N) is 1. The summed E-state index contributed by atoms with van der Waals surface area (Å²) < 4.78 is 12.2. The molecular formula is C10H13ClN2OS. The van der Waals surface area contributed by atoms with Crippen LogP contribution in [0.5, 0.6) is 0 Å². The summed E-state index contributed by atoms with van der Waals surface area (Å²) in [5.74, 6) is 0. The molecule has 1 rings (SSSR count). The molecule has 0 amide bonds. The molecule has 0 heterocycles. The first-order chi connectivity index (χ1) is 6.71. The van der Waals surface area contributed by atoms with E-state index in [-0.39, 0.29) is 6.42 Å². The second-order valence-corrected chi connectivity index (χ2v) is 10.4. The summed E-state index contributed by atoms with van der Waals surface area (Å²) in [6.45, 7) is 0. The van der Waals surface area contributed by atoms with E-state index >= 15 is 0 Å². The van der Waals surface area contributed by atoms with Crippen LogP contribution in [0.15, 0.2) is 23.1 Å². The van der Waals surface area contributed by atoms with E-state index in [1.807, 2.05) is 6.07 Å². The van der Waals surface area contributed by atoms with Gasteiger partial charge in [-0.15, -0.1) is 0 Å². The van der Waals surface area contributed by atoms with Gasteiger partial charge in [-0.25, -0.2) is 0 Å². The SMILES string of the molecule is CS(C)(=O)(Cl)c1cc(CC#N)ccc1N. The molecule has 0 fully saturated rings. The zero-order chi connectivity index (χ0) is 11.7. The topological polar surface area (TPSA) is 66.9 Å². The highest BCUT2D eigenvalue weighted by Crippen LogP contribution is 2.38. The van der Waals surface area contributed by atoms with E-state index in [4.69, 9.17) is 21.7 Å². The second-order valence-electron chi connectivity index (χ2n) is 3.89. The van der Waals surface area contributed by atoms with Crippen LogP contribution in [-0.4, -0.2) is 16.7 Å². The molecule has 1 aromatic carbocycles. The van der Waals surface area contributed by atoms with Gasteiger partial charge in [0.05, 0.1) is 17.4 Å². The molecule has 0 bridgehead atoms. The summed E-state index contributed by atoms with van der Waals surface area (Å²) in [6.07, 6.45) is 3.17. The fraction of sp³-hybridized carbons (Fsp3) is 0.300. The first-order valence-corrected chi connectivity index (χ1v) is 7.91. The molecule has 0 spiro atoms. The van der Waals surface area contributed by atoms with Gasteiger partial charge in [-0.3, -0.25) is 4.21 Å². The molecule has 0 aliphatic heterocycles. The average molecular weight is 245 g/mol. The lowest BCUT2D eigenvalue weighted by molar-refractivity contribution is 0.675. The minimum atomic E-state index is -3.37. The summed E-state index contributed by atoms with van der Waals surface area (Å²) >= 11 is 0. The number of rotatable bonds is 2. The lowest BCUT2D eigenvalue weighted by Crippen LogP contribution is -2.22. The molecule has 5 heteroatoms. The van der Waals surface area contributed by atoms with Gasteiger partial charge in [0, 0.05) is 18.2 Å². The maximum atomic E-state index is 12.2. The molecule has 0 aromatic heterocycles. The normalized spacial score (nSPS) is 13.9. The minimum Gasteiger partial charge on any atom is -0.398 e. The van der Waals surface area contributed by atoms with Crippen molar-refractivity contribution in [3.05, 3.63) is 23.8 Å². The van der Waals surface area contributed by atoms with Crippen molar-refractivity contribution in [1.82, 2.24) is 0 Å². The Labute approximate surface area is 93.7 Å². The molecule has 1 aromatic rings. The average Bonchev–Trinajstić information content (AvgIpc) is 2.05. The van der Waals surface area contributed by atoms with E-state index in [9.17, 15) is 4.21 Å².